The van der Waals surface area contributed by atoms with Gasteiger partial charge in [0, 0.05) is 30.0 Å². The number of allylic oxidation sites excluding steroid dienone is 7. The molecule has 0 spiro atoms. The summed E-state index contributed by atoms with van der Waals surface area (Å²) in [6.07, 6.45) is 25.4. The molecular formula is C52H88N4O18P2S. The van der Waals surface area contributed by atoms with E-state index in [4.69, 9.17) is 39.8 Å². The maximum atomic E-state index is 13.2. The predicted octanol–water partition coefficient (Wildman–Crippen LogP) is 8.12. The van der Waals surface area contributed by atoms with E-state index in [-0.39, 0.29) is 37.3 Å². The summed E-state index contributed by atoms with van der Waals surface area (Å²) in [6, 6.07) is -0.0724. The number of nitrogens with zero attached hydrogens (tertiary/aromatic N) is 2. The highest BCUT2D eigenvalue weighted by atomic mass is 32.2. The van der Waals surface area contributed by atoms with E-state index in [2.05, 4.69) is 42.2 Å². The van der Waals surface area contributed by atoms with E-state index < -0.39 is 107 Å². The van der Waals surface area contributed by atoms with Gasteiger partial charge in [0.2, 0.25) is 0 Å². The number of rotatable bonds is 44. The van der Waals surface area contributed by atoms with Crippen LogP contribution in [0.1, 0.15) is 162 Å². The molecule has 0 aromatic carbocycles. The molecule has 2 unspecified atom stereocenters. The Morgan fingerprint density at radius 3 is 2.13 bits per heavy atom. The fourth-order valence-corrected chi connectivity index (χ4v) is 11.0. The van der Waals surface area contributed by atoms with E-state index in [0.717, 1.165) is 79.8 Å². The number of nitrogen functional groups attached to an aromatic ring is 1. The lowest BCUT2D eigenvalue weighted by Gasteiger charge is -2.23. The van der Waals surface area contributed by atoms with E-state index >= 15 is 0 Å². The molecule has 0 aliphatic carbocycles. The highest BCUT2D eigenvalue weighted by Crippen LogP contribution is 2.60. The first kappa shape index (κ1) is 69.6. The third-order valence-electron chi connectivity index (χ3n) is 12.1. The molecule has 0 radical (unpaired) electrons. The van der Waals surface area contributed by atoms with E-state index in [1.54, 1.807) is 18.2 Å². The minimum atomic E-state index is -5.55. The SMILES string of the molecule is CCCCC/C=C\C\C=C/C=C/C=C/[C@@H](SC[C@H](N)C(=O)OC[C@H](COP(=O)(O)OP(=O)(O)OC[C@H]1O[C@@H](n2ccc(N)nc2=O)[C@H](O)[C@@H]1O)OC(=O)CCCCCCCCCCCCCC(C)C)[C@@H](O)CCCC(=O)O. The molecule has 0 amide bonds. The molecule has 25 heteroatoms. The zero-order chi connectivity index (χ0) is 57.1. The van der Waals surface area contributed by atoms with Crippen molar-refractivity contribution < 1.29 is 81.3 Å². The maximum Gasteiger partial charge on any atom is 0.481 e. The van der Waals surface area contributed by atoms with Gasteiger partial charge in [-0.05, 0) is 50.5 Å². The van der Waals surface area contributed by atoms with Gasteiger partial charge < -0.3 is 55.9 Å². The number of aliphatic hydroxyl groups excluding tert-OH is 3. The van der Waals surface area contributed by atoms with Gasteiger partial charge in [-0.1, -0.05) is 153 Å². The Labute approximate surface area is 458 Å². The zero-order valence-electron chi connectivity index (χ0n) is 45.1. The number of unbranched alkanes of at least 4 members (excludes halogenated alkanes) is 13. The number of hydrogen-bond donors (Lipinski definition) is 8. The van der Waals surface area contributed by atoms with E-state index in [1.165, 1.54) is 57.4 Å². The lowest BCUT2D eigenvalue weighted by Crippen LogP contribution is -2.38. The standard InChI is InChI=1S/C52H88N4O18P2S/c1-4-5-6-7-8-9-10-13-16-19-22-25-30-44(42(57)29-27-31-46(58)59)77-38-41(53)51(63)69-35-40(72-47(60)32-26-23-20-17-14-11-12-15-18-21-24-28-39(2)3)36-70-75(65,66)74-76(67,68)71-37-43-48(61)49(62)50(73-43)56-34-33-45(54)55-52(56)64/h8-9,13,16,19,22,25,30,33-34,39-44,48-50,57,61-62H,4-7,10-12,14-15,17-18,20-21,23-24,26-29,31-32,35-38,53H2,1-3H3,(H,58,59)(H,65,66)(H,67,68)(H2,54,55,64)/b9-8-,16-13-,22-19+,30-25+/t40-,41+,42+,43-,44-,48-,49-,50-/m1/s1. The molecule has 10 atom stereocenters. The van der Waals surface area contributed by atoms with Crippen molar-refractivity contribution in [1.82, 2.24) is 9.55 Å². The second kappa shape index (κ2) is 39.8. The van der Waals surface area contributed by atoms with Crippen LogP contribution in [0.2, 0.25) is 0 Å². The van der Waals surface area contributed by atoms with Gasteiger partial charge >= 0.3 is 39.2 Å². The molecular weight excluding hydrogens is 1060 g/mol. The van der Waals surface area contributed by atoms with Gasteiger partial charge in [0.25, 0.3) is 0 Å². The van der Waals surface area contributed by atoms with Gasteiger partial charge in [-0.25, -0.2) is 13.9 Å². The molecule has 1 saturated heterocycles. The van der Waals surface area contributed by atoms with Crippen molar-refractivity contribution in [3.05, 3.63) is 71.4 Å². The molecule has 77 heavy (non-hydrogen) atoms. The van der Waals surface area contributed by atoms with Crippen molar-refractivity contribution in [3.8, 4) is 0 Å². The highest BCUT2D eigenvalue weighted by Gasteiger charge is 2.46. The minimum absolute atomic E-state index is 0.0518. The number of aromatic nitrogens is 2. The number of hydrogen-bond acceptors (Lipinski definition) is 19. The first-order valence-corrected chi connectivity index (χ1v) is 31.0. The number of aliphatic hydroxyl groups is 3. The summed E-state index contributed by atoms with van der Waals surface area (Å²) < 4.78 is 57.0. The van der Waals surface area contributed by atoms with Crippen molar-refractivity contribution in [1.29, 1.82) is 0 Å². The van der Waals surface area contributed by atoms with Crippen molar-refractivity contribution in [2.45, 2.75) is 204 Å². The van der Waals surface area contributed by atoms with Crippen LogP contribution in [0.5, 0.6) is 0 Å². The number of phosphoric acid groups is 2. The normalized spacial score (nSPS) is 20.2. The Morgan fingerprint density at radius 1 is 0.831 bits per heavy atom. The van der Waals surface area contributed by atoms with Crippen LogP contribution >= 0.6 is 27.4 Å². The van der Waals surface area contributed by atoms with Crippen molar-refractivity contribution >= 4 is 51.1 Å². The number of carboxylic acids is 1. The summed E-state index contributed by atoms with van der Waals surface area (Å²) in [5.74, 6) is -2.22. The molecule has 440 valence electrons. The van der Waals surface area contributed by atoms with Gasteiger partial charge in [-0.3, -0.25) is 28.0 Å². The average Bonchev–Trinajstić information content (AvgIpc) is 3.64. The molecule has 1 fully saturated rings. The molecule has 1 aromatic heterocycles. The summed E-state index contributed by atoms with van der Waals surface area (Å²) in [5.41, 5.74) is 10.8. The van der Waals surface area contributed by atoms with Crippen LogP contribution in [-0.4, -0.2) is 125 Å². The monoisotopic (exact) mass is 1150 g/mol. The maximum absolute atomic E-state index is 13.2. The van der Waals surface area contributed by atoms with Crippen molar-refractivity contribution in [3.63, 3.8) is 0 Å². The summed E-state index contributed by atoms with van der Waals surface area (Å²) in [6.45, 7) is 3.90. The van der Waals surface area contributed by atoms with Gasteiger partial charge in [0.1, 0.15) is 36.8 Å². The second-order valence-electron chi connectivity index (χ2n) is 19.4. The number of nitrogens with two attached hydrogens (primary N) is 2. The number of thioether (sulfide) groups is 1. The second-order valence-corrected chi connectivity index (χ2v) is 23.7. The lowest BCUT2D eigenvalue weighted by molar-refractivity contribution is -0.161. The molecule has 1 aromatic rings. The van der Waals surface area contributed by atoms with Crippen LogP contribution in [0, 0.1) is 5.92 Å². The molecule has 2 rings (SSSR count). The molecule has 2 heterocycles. The smallest absolute Gasteiger partial charge is 0.481 e. The van der Waals surface area contributed by atoms with Crippen LogP contribution in [0.15, 0.2) is 65.7 Å². The Kier molecular flexibility index (Phi) is 35.9. The average molecular weight is 1150 g/mol. The number of carboxylic acid groups (broad SMARTS) is 1. The fraction of sp³-hybridized carbons (Fsp3) is 0.712. The van der Waals surface area contributed by atoms with Gasteiger partial charge in [-0.15, -0.1) is 11.8 Å². The van der Waals surface area contributed by atoms with Crippen LogP contribution < -0.4 is 17.2 Å². The Balaban J connectivity index is 2.04. The Morgan fingerprint density at radius 2 is 1.48 bits per heavy atom. The summed E-state index contributed by atoms with van der Waals surface area (Å²) in [7, 11) is -11.1. The third-order valence-corrected chi connectivity index (χ3v) is 16.1. The zero-order valence-corrected chi connectivity index (χ0v) is 47.7. The summed E-state index contributed by atoms with van der Waals surface area (Å²) in [5, 5.41) is 40.5. The Bertz CT molecular complexity index is 2130. The first-order chi connectivity index (χ1) is 36.6. The molecule has 1 aliphatic heterocycles. The third kappa shape index (κ3) is 32.3. The fourth-order valence-electron chi connectivity index (χ4n) is 7.76. The van der Waals surface area contributed by atoms with Crippen LogP contribution in [0.3, 0.4) is 0 Å². The van der Waals surface area contributed by atoms with E-state index in [0.29, 0.717) is 6.42 Å². The molecule has 22 nitrogen and oxygen atoms in total. The lowest BCUT2D eigenvalue weighted by atomic mass is 10.0. The van der Waals surface area contributed by atoms with Crippen molar-refractivity contribution in [2.24, 2.45) is 11.7 Å². The molecule has 0 bridgehead atoms. The quantitative estimate of drug-likeness (QED) is 0.0100. The van der Waals surface area contributed by atoms with E-state index in [9.17, 15) is 53.4 Å². The number of anilines is 1. The highest BCUT2D eigenvalue weighted by molar-refractivity contribution is 8.00. The molecule has 10 N–H and O–H groups in total. The van der Waals surface area contributed by atoms with Crippen molar-refractivity contribution in [2.75, 3.05) is 31.3 Å². The van der Waals surface area contributed by atoms with Crippen LogP contribution in [-0.2, 0) is 51.1 Å². The topological polar surface area (TPSA) is 349 Å². The number of carbonyl (C=O) groups is 3. The van der Waals surface area contributed by atoms with Gasteiger partial charge in [-0.2, -0.15) is 9.29 Å². The minimum Gasteiger partial charge on any atom is -0.481 e. The predicted molar refractivity (Wildman–Crippen MR) is 294 cm³/mol. The van der Waals surface area contributed by atoms with Gasteiger partial charge in [0.05, 0.1) is 19.3 Å². The van der Waals surface area contributed by atoms with Crippen LogP contribution in [0.25, 0.3) is 0 Å². The number of carbonyl (C=O) groups excluding carboxylic acids is 2. The number of aliphatic carboxylic acids is 1. The molecule has 0 saturated carbocycles. The number of ether oxygens (including phenoxy) is 3. The molecule has 1 aliphatic rings. The number of esters is 2. The summed E-state index contributed by atoms with van der Waals surface area (Å²) >= 11 is 1.12. The van der Waals surface area contributed by atoms with E-state index in [1.807, 2.05) is 18.2 Å². The summed E-state index contributed by atoms with van der Waals surface area (Å²) in [4.78, 5) is 74.0. The first-order valence-electron chi connectivity index (χ1n) is 26.9. The van der Waals surface area contributed by atoms with Gasteiger partial charge in [0.15, 0.2) is 12.3 Å². The number of phosphoric ester groups is 2. The Hall–Kier alpha value is -3.54. The largest absolute Gasteiger partial charge is 0.481 e. The van der Waals surface area contributed by atoms with Crippen LogP contribution in [0.4, 0.5) is 5.82 Å².